The van der Waals surface area contributed by atoms with Gasteiger partial charge in [0, 0.05) is 16.0 Å². The second-order valence-corrected chi connectivity index (χ2v) is 7.21. The highest BCUT2D eigenvalue weighted by molar-refractivity contribution is 9.13. The Morgan fingerprint density at radius 2 is 1.81 bits per heavy atom. The maximum absolute atomic E-state index is 12.0. The molecule has 0 saturated carbocycles. The van der Waals surface area contributed by atoms with E-state index in [0.717, 1.165) is 9.37 Å². The van der Waals surface area contributed by atoms with Crippen LogP contribution in [0.4, 0.5) is 4.79 Å². The number of likely N-dealkylation sites (N-methyl/N-ethyl adjacent to an activating group) is 1. The summed E-state index contributed by atoms with van der Waals surface area (Å²) in [6.07, 6.45) is -0.686. The molecule has 1 unspecified atom stereocenters. The Hall–Kier alpha value is -1.08. The van der Waals surface area contributed by atoms with Gasteiger partial charge in [-0.15, -0.1) is 0 Å². The molecule has 7 heteroatoms. The number of rotatable bonds is 3. The number of halogens is 2. The minimum Gasteiger partial charge on any atom is -0.479 e. The lowest BCUT2D eigenvalue weighted by molar-refractivity contribution is -0.142. The first-order chi connectivity index (χ1) is 9.53. The molecule has 0 heterocycles. The summed E-state index contributed by atoms with van der Waals surface area (Å²) in [7, 11) is 1.41. The van der Waals surface area contributed by atoms with Gasteiger partial charge in [-0.1, -0.05) is 6.07 Å². The zero-order chi connectivity index (χ0) is 16.4. The van der Waals surface area contributed by atoms with E-state index in [0.29, 0.717) is 10.0 Å². The van der Waals surface area contributed by atoms with Crippen LogP contribution in [-0.4, -0.2) is 34.7 Å². The summed E-state index contributed by atoms with van der Waals surface area (Å²) < 4.78 is 6.72. The zero-order valence-electron chi connectivity index (χ0n) is 12.2. The minimum absolute atomic E-state index is 0.478. The van der Waals surface area contributed by atoms with Gasteiger partial charge >= 0.3 is 12.1 Å². The molecule has 1 aromatic rings. The third-order valence-electron chi connectivity index (χ3n) is 2.56. The van der Waals surface area contributed by atoms with Gasteiger partial charge in [0.05, 0.1) is 0 Å². The summed E-state index contributed by atoms with van der Waals surface area (Å²) in [5, 5.41) is 9.43. The third kappa shape index (κ3) is 5.00. The van der Waals surface area contributed by atoms with Gasteiger partial charge in [0.2, 0.25) is 0 Å². The first-order valence-electron chi connectivity index (χ1n) is 6.16. The van der Waals surface area contributed by atoms with Crippen LogP contribution in [0.1, 0.15) is 32.4 Å². The molecule has 1 amide bonds. The molecule has 0 radical (unpaired) electrons. The smallest absolute Gasteiger partial charge is 0.411 e. The van der Waals surface area contributed by atoms with Gasteiger partial charge in [-0.25, -0.2) is 9.59 Å². The van der Waals surface area contributed by atoms with E-state index < -0.39 is 23.7 Å². The quantitative estimate of drug-likeness (QED) is 0.792. The normalized spacial score (nSPS) is 12.7. The second kappa shape index (κ2) is 6.79. The fourth-order valence-electron chi connectivity index (χ4n) is 1.65. The number of hydrogen-bond acceptors (Lipinski definition) is 3. The van der Waals surface area contributed by atoms with E-state index in [1.54, 1.807) is 39.0 Å². The standard InChI is InChI=1S/C14H17Br2NO4/c1-14(2,3)21-13(20)17(4)11(12(18)19)8-5-6-9(15)10(16)7-8/h5-7,11H,1-4H3,(H,18,19). The Morgan fingerprint density at radius 3 is 2.24 bits per heavy atom. The lowest BCUT2D eigenvalue weighted by atomic mass is 10.1. The van der Waals surface area contributed by atoms with Crippen molar-refractivity contribution in [2.45, 2.75) is 32.4 Å². The van der Waals surface area contributed by atoms with E-state index in [9.17, 15) is 14.7 Å². The molecule has 0 saturated heterocycles. The van der Waals surface area contributed by atoms with Gasteiger partial charge in [-0.2, -0.15) is 0 Å². The van der Waals surface area contributed by atoms with Gasteiger partial charge in [0.25, 0.3) is 0 Å². The first-order valence-corrected chi connectivity index (χ1v) is 7.75. The highest BCUT2D eigenvalue weighted by atomic mass is 79.9. The number of nitrogens with zero attached hydrogens (tertiary/aromatic N) is 1. The predicted molar refractivity (Wildman–Crippen MR) is 86.2 cm³/mol. The lowest BCUT2D eigenvalue weighted by Crippen LogP contribution is -2.39. The van der Waals surface area contributed by atoms with Crippen molar-refractivity contribution < 1.29 is 19.4 Å². The fourth-order valence-corrected chi connectivity index (χ4v) is 2.30. The van der Waals surface area contributed by atoms with E-state index in [2.05, 4.69) is 31.9 Å². The fraction of sp³-hybridized carbons (Fsp3) is 0.429. The second-order valence-electron chi connectivity index (χ2n) is 5.51. The minimum atomic E-state index is -1.13. The molecule has 0 spiro atoms. The van der Waals surface area contributed by atoms with Gasteiger partial charge < -0.3 is 9.84 Å². The van der Waals surface area contributed by atoms with E-state index >= 15 is 0 Å². The Balaban J connectivity index is 3.09. The van der Waals surface area contributed by atoms with Gasteiger partial charge in [-0.3, -0.25) is 4.90 Å². The van der Waals surface area contributed by atoms with Crippen molar-refractivity contribution in [2.75, 3.05) is 7.05 Å². The van der Waals surface area contributed by atoms with Crippen LogP contribution in [-0.2, 0) is 9.53 Å². The average molecular weight is 423 g/mol. The van der Waals surface area contributed by atoms with Crippen molar-refractivity contribution in [1.29, 1.82) is 0 Å². The summed E-state index contributed by atoms with van der Waals surface area (Å²) in [4.78, 5) is 24.7. The van der Waals surface area contributed by atoms with Crippen molar-refractivity contribution >= 4 is 43.9 Å². The van der Waals surface area contributed by atoms with E-state index in [1.165, 1.54) is 7.05 Å². The molecule has 1 atom stereocenters. The summed E-state index contributed by atoms with van der Waals surface area (Å²) >= 11 is 6.65. The Labute approximate surface area is 140 Å². The Kier molecular flexibility index (Phi) is 5.81. The number of carboxylic acids is 1. The molecule has 0 aliphatic heterocycles. The molecule has 21 heavy (non-hydrogen) atoms. The van der Waals surface area contributed by atoms with E-state index in [4.69, 9.17) is 4.74 Å². The summed E-state index contributed by atoms with van der Waals surface area (Å²) in [5.74, 6) is -1.13. The molecule has 1 rings (SSSR count). The number of hydrogen-bond donors (Lipinski definition) is 1. The zero-order valence-corrected chi connectivity index (χ0v) is 15.4. The first kappa shape index (κ1) is 18.0. The number of carbonyl (C=O) groups excluding carboxylic acids is 1. The number of amides is 1. The molecule has 0 aliphatic carbocycles. The van der Waals surface area contributed by atoms with Crippen molar-refractivity contribution in [2.24, 2.45) is 0 Å². The summed E-state index contributed by atoms with van der Waals surface area (Å²) in [5.41, 5.74) is -0.208. The SMILES string of the molecule is CN(C(=O)OC(C)(C)C)C(C(=O)O)c1ccc(Br)c(Br)c1. The highest BCUT2D eigenvalue weighted by Gasteiger charge is 2.31. The van der Waals surface area contributed by atoms with Crippen LogP contribution in [0.25, 0.3) is 0 Å². The van der Waals surface area contributed by atoms with Crippen LogP contribution in [0.2, 0.25) is 0 Å². The molecule has 5 nitrogen and oxygen atoms in total. The van der Waals surface area contributed by atoms with Crippen LogP contribution < -0.4 is 0 Å². The van der Waals surface area contributed by atoms with Crippen LogP contribution in [0.5, 0.6) is 0 Å². The van der Waals surface area contributed by atoms with Crippen molar-refractivity contribution in [3.63, 3.8) is 0 Å². The average Bonchev–Trinajstić information content (AvgIpc) is 2.31. The maximum Gasteiger partial charge on any atom is 0.411 e. The van der Waals surface area contributed by atoms with Crippen molar-refractivity contribution in [3.05, 3.63) is 32.7 Å². The number of carbonyl (C=O) groups is 2. The predicted octanol–water partition coefficient (Wildman–Crippen LogP) is 4.20. The molecule has 0 aromatic heterocycles. The van der Waals surface area contributed by atoms with Crippen LogP contribution >= 0.6 is 31.9 Å². The number of aliphatic carboxylic acids is 1. The number of benzene rings is 1. The number of ether oxygens (including phenoxy) is 1. The lowest BCUT2D eigenvalue weighted by Gasteiger charge is -2.28. The van der Waals surface area contributed by atoms with E-state index in [-0.39, 0.29) is 0 Å². The number of carboxylic acid groups (broad SMARTS) is 1. The topological polar surface area (TPSA) is 66.8 Å². The molecular formula is C14H17Br2NO4. The molecule has 0 fully saturated rings. The van der Waals surface area contributed by atoms with Crippen LogP contribution in [0.3, 0.4) is 0 Å². The van der Waals surface area contributed by atoms with Crippen LogP contribution in [0.15, 0.2) is 27.1 Å². The van der Waals surface area contributed by atoms with Crippen molar-refractivity contribution in [3.8, 4) is 0 Å². The van der Waals surface area contributed by atoms with Crippen molar-refractivity contribution in [1.82, 2.24) is 4.90 Å². The Morgan fingerprint density at radius 1 is 1.24 bits per heavy atom. The molecule has 116 valence electrons. The highest BCUT2D eigenvalue weighted by Crippen LogP contribution is 2.29. The van der Waals surface area contributed by atoms with Crippen LogP contribution in [0, 0.1) is 0 Å². The molecule has 1 aromatic carbocycles. The summed E-state index contributed by atoms with van der Waals surface area (Å²) in [6.45, 7) is 5.18. The molecule has 0 aliphatic rings. The maximum atomic E-state index is 12.0. The van der Waals surface area contributed by atoms with Gasteiger partial charge in [-0.05, 0) is 70.3 Å². The van der Waals surface area contributed by atoms with Gasteiger partial charge in [0.1, 0.15) is 5.60 Å². The third-order valence-corrected chi connectivity index (χ3v) is 4.44. The van der Waals surface area contributed by atoms with E-state index in [1.807, 2.05) is 0 Å². The summed E-state index contributed by atoms with van der Waals surface area (Å²) in [6, 6.07) is 3.90. The molecular weight excluding hydrogens is 406 g/mol. The molecule has 0 bridgehead atoms. The Bertz CT molecular complexity index is 554. The largest absolute Gasteiger partial charge is 0.479 e. The van der Waals surface area contributed by atoms with Gasteiger partial charge in [0.15, 0.2) is 6.04 Å². The monoisotopic (exact) mass is 421 g/mol. The molecule has 1 N–H and O–H groups in total.